The Balaban J connectivity index is 1.71. The number of rotatable bonds is 4. The molecular weight excluding hydrogens is 368 g/mol. The number of carbonyl (C=O) groups excluding carboxylic acids is 1. The van der Waals surface area contributed by atoms with Crippen LogP contribution in [0.4, 0.5) is 5.69 Å². The van der Waals surface area contributed by atoms with Crippen molar-refractivity contribution in [3.05, 3.63) is 56.9 Å². The first-order valence-electron chi connectivity index (χ1n) is 9.52. The Morgan fingerprint density at radius 2 is 1.68 bits per heavy atom. The molecule has 6 heteroatoms. The summed E-state index contributed by atoms with van der Waals surface area (Å²) in [7, 11) is 0. The Morgan fingerprint density at radius 1 is 1.07 bits per heavy atom. The second-order valence-corrected chi connectivity index (χ2v) is 7.79. The monoisotopic (exact) mass is 394 g/mol. The van der Waals surface area contributed by atoms with Gasteiger partial charge in [-0.05, 0) is 63.1 Å². The number of ketones is 1. The van der Waals surface area contributed by atoms with E-state index in [0.29, 0.717) is 16.9 Å². The molecule has 1 aromatic heterocycles. The van der Waals surface area contributed by atoms with Crippen LogP contribution in [0, 0.1) is 36.7 Å². The molecule has 2 heterocycles. The minimum atomic E-state index is 0.0913. The zero-order chi connectivity index (χ0) is 20.4. The molecule has 0 amide bonds. The van der Waals surface area contributed by atoms with E-state index in [1.54, 1.807) is 6.92 Å². The smallest absolute Gasteiger partial charge is 0.159 e. The molecule has 1 aliphatic heterocycles. The Kier molecular flexibility index (Phi) is 5.97. The molecule has 0 atom stereocenters. The van der Waals surface area contributed by atoms with Crippen molar-refractivity contribution in [1.82, 2.24) is 9.47 Å². The van der Waals surface area contributed by atoms with Crippen molar-refractivity contribution in [2.45, 2.75) is 34.4 Å². The Bertz CT molecular complexity index is 993. The number of carbonyl (C=O) groups is 1. The lowest BCUT2D eigenvalue weighted by Gasteiger charge is -2.37. The summed E-state index contributed by atoms with van der Waals surface area (Å²) >= 11 is 5.60. The number of nitrogens with zero attached hydrogens (tertiary/aromatic N) is 4. The fourth-order valence-corrected chi connectivity index (χ4v) is 4.06. The lowest BCUT2D eigenvalue weighted by molar-refractivity contribution is 0.101. The average molecular weight is 395 g/mol. The first-order valence-corrected chi connectivity index (χ1v) is 9.93. The molecule has 0 unspecified atom stereocenters. The van der Waals surface area contributed by atoms with E-state index in [1.165, 1.54) is 0 Å². The predicted molar refractivity (Wildman–Crippen MR) is 114 cm³/mol. The third-order valence-electron chi connectivity index (χ3n) is 5.81. The second-order valence-electron chi connectivity index (χ2n) is 7.40. The Morgan fingerprint density at radius 3 is 2.21 bits per heavy atom. The summed E-state index contributed by atoms with van der Waals surface area (Å²) in [5, 5.41) is 9.49. The number of anilines is 1. The van der Waals surface area contributed by atoms with E-state index in [9.17, 15) is 10.1 Å². The van der Waals surface area contributed by atoms with Crippen LogP contribution in [0.3, 0.4) is 0 Å². The van der Waals surface area contributed by atoms with Crippen LogP contribution in [-0.2, 0) is 6.67 Å². The number of hydrogen-bond acceptors (Lipinski definition) is 5. The van der Waals surface area contributed by atoms with Crippen LogP contribution in [0.2, 0.25) is 0 Å². The molecule has 0 spiro atoms. The van der Waals surface area contributed by atoms with E-state index in [2.05, 4.69) is 34.3 Å². The van der Waals surface area contributed by atoms with Gasteiger partial charge in [-0.25, -0.2) is 0 Å². The van der Waals surface area contributed by atoms with Crippen LogP contribution in [0.1, 0.15) is 39.7 Å². The van der Waals surface area contributed by atoms with Gasteiger partial charge < -0.3 is 9.47 Å². The maximum atomic E-state index is 11.4. The molecule has 146 valence electrons. The number of aromatic nitrogens is 1. The molecule has 5 nitrogen and oxygen atoms in total. The molecule has 2 aromatic rings. The van der Waals surface area contributed by atoms with Crippen LogP contribution >= 0.6 is 12.2 Å². The predicted octanol–water partition coefficient (Wildman–Crippen LogP) is 4.00. The zero-order valence-electron chi connectivity index (χ0n) is 17.0. The third-order valence-corrected chi connectivity index (χ3v) is 6.23. The second kappa shape index (κ2) is 8.26. The van der Waals surface area contributed by atoms with Crippen molar-refractivity contribution in [3.8, 4) is 6.07 Å². The van der Waals surface area contributed by atoms with Gasteiger partial charge in [-0.15, -0.1) is 0 Å². The van der Waals surface area contributed by atoms with Crippen molar-refractivity contribution in [1.29, 1.82) is 5.26 Å². The number of benzene rings is 1. The minimum Gasteiger partial charge on any atom is -0.369 e. The molecule has 0 aliphatic carbocycles. The number of hydrogen-bond donors (Lipinski definition) is 0. The molecule has 28 heavy (non-hydrogen) atoms. The average Bonchev–Trinajstić information content (AvgIpc) is 2.70. The third kappa shape index (κ3) is 3.87. The number of pyridine rings is 1. The van der Waals surface area contributed by atoms with Crippen LogP contribution in [0.15, 0.2) is 24.3 Å². The molecule has 0 saturated carbocycles. The molecular formula is C22H26N4OS. The summed E-state index contributed by atoms with van der Waals surface area (Å²) in [6.07, 6.45) is 0. The van der Waals surface area contributed by atoms with Gasteiger partial charge in [0, 0.05) is 43.1 Å². The van der Waals surface area contributed by atoms with Crippen molar-refractivity contribution >= 4 is 23.7 Å². The van der Waals surface area contributed by atoms with Crippen molar-refractivity contribution in [2.24, 2.45) is 0 Å². The van der Waals surface area contributed by atoms with Crippen molar-refractivity contribution in [3.63, 3.8) is 0 Å². The van der Waals surface area contributed by atoms with Crippen LogP contribution in [0.25, 0.3) is 0 Å². The molecule has 1 aliphatic rings. The highest BCUT2D eigenvalue weighted by Gasteiger charge is 2.19. The standard InChI is InChI=1S/C22H26N4OS/c1-15-16(2)21(13-23)22(28)26(17(15)3)14-24-9-11-25(12-10-24)20-7-5-19(6-8-20)18(4)27/h5-8H,9-12,14H2,1-4H3. The summed E-state index contributed by atoms with van der Waals surface area (Å²) in [6.45, 7) is 12.1. The summed E-state index contributed by atoms with van der Waals surface area (Å²) in [5.74, 6) is 0.0913. The Labute approximate surface area is 171 Å². The minimum absolute atomic E-state index is 0.0913. The van der Waals surface area contributed by atoms with Gasteiger partial charge in [0.15, 0.2) is 5.78 Å². The fraction of sp³-hybridized carbons (Fsp3) is 0.409. The highest BCUT2D eigenvalue weighted by atomic mass is 32.1. The normalized spacial score (nSPS) is 14.8. The van der Waals surface area contributed by atoms with E-state index >= 15 is 0 Å². The maximum absolute atomic E-state index is 11.4. The lowest BCUT2D eigenvalue weighted by Crippen LogP contribution is -2.47. The van der Waals surface area contributed by atoms with E-state index in [1.807, 2.05) is 31.2 Å². The number of Topliss-reactive ketones (excluding diaryl/α,β-unsaturated/α-hetero) is 1. The molecule has 1 saturated heterocycles. The van der Waals surface area contributed by atoms with Crippen LogP contribution in [-0.4, -0.2) is 41.4 Å². The highest BCUT2D eigenvalue weighted by molar-refractivity contribution is 7.71. The first-order chi connectivity index (χ1) is 13.3. The van der Waals surface area contributed by atoms with Crippen molar-refractivity contribution < 1.29 is 4.79 Å². The highest BCUT2D eigenvalue weighted by Crippen LogP contribution is 2.21. The lowest BCUT2D eigenvalue weighted by atomic mass is 10.0. The van der Waals surface area contributed by atoms with Gasteiger partial charge in [-0.3, -0.25) is 9.69 Å². The largest absolute Gasteiger partial charge is 0.369 e. The molecule has 0 N–H and O–H groups in total. The van der Waals surface area contributed by atoms with E-state index < -0.39 is 0 Å². The quantitative estimate of drug-likeness (QED) is 0.580. The molecule has 3 rings (SSSR count). The summed E-state index contributed by atoms with van der Waals surface area (Å²) in [6, 6.07) is 10.1. The van der Waals surface area contributed by atoms with Gasteiger partial charge in [0.05, 0.1) is 12.2 Å². The van der Waals surface area contributed by atoms with Gasteiger partial charge >= 0.3 is 0 Å². The van der Waals surface area contributed by atoms with Gasteiger partial charge in [0.1, 0.15) is 10.7 Å². The van der Waals surface area contributed by atoms with Gasteiger partial charge in [-0.2, -0.15) is 5.26 Å². The summed E-state index contributed by atoms with van der Waals surface area (Å²) in [4.78, 5) is 16.2. The van der Waals surface area contributed by atoms with Crippen LogP contribution in [0.5, 0.6) is 0 Å². The Hall–Kier alpha value is -2.49. The van der Waals surface area contributed by atoms with Gasteiger partial charge in [-0.1, -0.05) is 12.2 Å². The summed E-state index contributed by atoms with van der Waals surface area (Å²) in [5.41, 5.74) is 5.76. The van der Waals surface area contributed by atoms with E-state index in [0.717, 1.165) is 54.3 Å². The van der Waals surface area contributed by atoms with Crippen LogP contribution < -0.4 is 4.90 Å². The van der Waals surface area contributed by atoms with E-state index in [-0.39, 0.29) is 5.78 Å². The molecule has 1 aromatic carbocycles. The van der Waals surface area contributed by atoms with Gasteiger partial charge in [0.2, 0.25) is 0 Å². The SMILES string of the molecule is CC(=O)c1ccc(N2CCN(Cn3c(C)c(C)c(C)c(C#N)c3=S)CC2)cc1. The maximum Gasteiger partial charge on any atom is 0.159 e. The number of piperazine rings is 1. The molecule has 0 radical (unpaired) electrons. The molecule has 1 fully saturated rings. The first kappa shape index (κ1) is 20.2. The fourth-order valence-electron chi connectivity index (χ4n) is 3.67. The van der Waals surface area contributed by atoms with Gasteiger partial charge in [0.25, 0.3) is 0 Å². The van der Waals surface area contributed by atoms with E-state index in [4.69, 9.17) is 12.2 Å². The summed E-state index contributed by atoms with van der Waals surface area (Å²) < 4.78 is 2.72. The van der Waals surface area contributed by atoms with Crippen molar-refractivity contribution in [2.75, 3.05) is 31.1 Å². The number of nitriles is 1. The zero-order valence-corrected chi connectivity index (χ0v) is 17.8. The topological polar surface area (TPSA) is 52.3 Å². The molecule has 0 bridgehead atoms.